The first-order valence-corrected chi connectivity index (χ1v) is 9.73. The van der Waals surface area contributed by atoms with Gasteiger partial charge < -0.3 is 9.47 Å². The molecule has 0 unspecified atom stereocenters. The highest BCUT2D eigenvalue weighted by atomic mass is 16.5. The first-order valence-electron chi connectivity index (χ1n) is 9.73. The summed E-state index contributed by atoms with van der Waals surface area (Å²) in [5, 5.41) is 0. The van der Waals surface area contributed by atoms with Crippen molar-refractivity contribution in [2.45, 2.75) is 12.5 Å². The fraction of sp³-hybridized carbons (Fsp3) is 0.111. The van der Waals surface area contributed by atoms with Crippen molar-refractivity contribution in [3.8, 4) is 11.5 Å². The van der Waals surface area contributed by atoms with Crippen molar-refractivity contribution in [1.29, 1.82) is 0 Å². The van der Waals surface area contributed by atoms with E-state index < -0.39 is 5.60 Å². The van der Waals surface area contributed by atoms with Gasteiger partial charge in [-0.15, -0.1) is 0 Å². The van der Waals surface area contributed by atoms with Gasteiger partial charge in [-0.25, -0.2) is 0 Å². The standard InChI is InChI=1S/C27H24O2/c1-21-18-25(28-2)20-26(19-21)29-27(22-12-6-3-7-13-22,23-14-8-4-9-15-23)24-16-10-5-11-17-24/h3-20H,1-2H3. The van der Waals surface area contributed by atoms with Crippen LogP contribution in [0.4, 0.5) is 0 Å². The lowest BCUT2D eigenvalue weighted by Crippen LogP contribution is -2.36. The molecule has 0 radical (unpaired) electrons. The average Bonchev–Trinajstić information content (AvgIpc) is 2.79. The molecule has 2 heteroatoms. The van der Waals surface area contributed by atoms with Crippen molar-refractivity contribution >= 4 is 0 Å². The minimum Gasteiger partial charge on any atom is -0.497 e. The number of rotatable bonds is 6. The normalized spacial score (nSPS) is 11.1. The quantitative estimate of drug-likeness (QED) is 0.362. The number of hydrogen-bond donors (Lipinski definition) is 0. The molecule has 0 fully saturated rings. The summed E-state index contributed by atoms with van der Waals surface area (Å²) < 4.78 is 12.4. The minimum atomic E-state index is -0.789. The second kappa shape index (κ2) is 8.24. The molecule has 0 spiro atoms. The maximum absolute atomic E-state index is 6.90. The summed E-state index contributed by atoms with van der Waals surface area (Å²) in [6, 6.07) is 37.1. The predicted octanol–water partition coefficient (Wildman–Crippen LogP) is 6.37. The van der Waals surface area contributed by atoms with Gasteiger partial charge in [-0.2, -0.15) is 0 Å². The first-order chi connectivity index (χ1) is 14.2. The van der Waals surface area contributed by atoms with Gasteiger partial charge in [-0.1, -0.05) is 91.0 Å². The van der Waals surface area contributed by atoms with E-state index in [1.54, 1.807) is 7.11 Å². The molecule has 2 nitrogen and oxygen atoms in total. The molecule has 0 amide bonds. The number of benzene rings is 4. The Balaban J connectivity index is 1.99. The van der Waals surface area contributed by atoms with E-state index in [2.05, 4.69) is 72.8 Å². The number of aryl methyl sites for hydroxylation is 1. The fourth-order valence-electron chi connectivity index (χ4n) is 3.76. The SMILES string of the molecule is COc1cc(C)cc(OC(c2ccccc2)(c2ccccc2)c2ccccc2)c1. The van der Waals surface area contributed by atoms with E-state index in [4.69, 9.17) is 9.47 Å². The van der Waals surface area contributed by atoms with Crippen LogP contribution in [-0.4, -0.2) is 7.11 Å². The summed E-state index contributed by atoms with van der Waals surface area (Å²) in [7, 11) is 1.68. The summed E-state index contributed by atoms with van der Waals surface area (Å²) in [5.74, 6) is 1.54. The van der Waals surface area contributed by atoms with E-state index in [-0.39, 0.29) is 0 Å². The Bertz CT molecular complexity index is 961. The zero-order chi connectivity index (χ0) is 20.1. The highest BCUT2D eigenvalue weighted by Gasteiger charge is 2.39. The molecule has 0 aliphatic carbocycles. The average molecular weight is 380 g/mol. The smallest absolute Gasteiger partial charge is 0.184 e. The highest BCUT2D eigenvalue weighted by molar-refractivity contribution is 5.50. The van der Waals surface area contributed by atoms with Gasteiger partial charge in [0, 0.05) is 22.8 Å². The number of hydrogen-bond acceptors (Lipinski definition) is 2. The lowest BCUT2D eigenvalue weighted by Gasteiger charge is -2.36. The minimum absolute atomic E-state index is 0.762. The largest absolute Gasteiger partial charge is 0.497 e. The summed E-state index contributed by atoms with van der Waals surface area (Å²) in [6.45, 7) is 2.05. The van der Waals surface area contributed by atoms with Crippen LogP contribution in [0.2, 0.25) is 0 Å². The lowest BCUT2D eigenvalue weighted by atomic mass is 9.80. The predicted molar refractivity (Wildman–Crippen MR) is 118 cm³/mol. The first kappa shape index (κ1) is 18.8. The molecule has 0 saturated carbocycles. The van der Waals surface area contributed by atoms with E-state index in [0.717, 1.165) is 33.8 Å². The highest BCUT2D eigenvalue weighted by Crippen LogP contribution is 2.41. The zero-order valence-corrected chi connectivity index (χ0v) is 16.7. The van der Waals surface area contributed by atoms with Crippen LogP contribution < -0.4 is 9.47 Å². The third-order valence-electron chi connectivity index (χ3n) is 5.07. The van der Waals surface area contributed by atoms with Crippen molar-refractivity contribution < 1.29 is 9.47 Å². The molecule has 0 aromatic heterocycles. The second-order valence-corrected chi connectivity index (χ2v) is 7.07. The lowest BCUT2D eigenvalue weighted by molar-refractivity contribution is 0.154. The topological polar surface area (TPSA) is 18.5 Å². The molecule has 4 rings (SSSR count). The summed E-state index contributed by atoms with van der Waals surface area (Å²) in [6.07, 6.45) is 0. The van der Waals surface area contributed by atoms with Crippen LogP contribution >= 0.6 is 0 Å². The van der Waals surface area contributed by atoms with Crippen LogP contribution in [0.5, 0.6) is 11.5 Å². The Hall–Kier alpha value is -3.52. The summed E-state index contributed by atoms with van der Waals surface area (Å²) >= 11 is 0. The van der Waals surface area contributed by atoms with Gasteiger partial charge in [-0.3, -0.25) is 0 Å². The third-order valence-corrected chi connectivity index (χ3v) is 5.07. The Morgan fingerprint density at radius 1 is 0.552 bits per heavy atom. The van der Waals surface area contributed by atoms with E-state index in [1.165, 1.54) is 0 Å². The van der Waals surface area contributed by atoms with Crippen LogP contribution in [-0.2, 0) is 5.60 Å². The van der Waals surface area contributed by atoms with Gasteiger partial charge in [-0.05, 0) is 24.6 Å². The second-order valence-electron chi connectivity index (χ2n) is 7.07. The van der Waals surface area contributed by atoms with Crippen molar-refractivity contribution in [3.63, 3.8) is 0 Å². The Labute approximate surface area is 172 Å². The molecule has 0 N–H and O–H groups in total. The van der Waals surface area contributed by atoms with Crippen LogP contribution in [0.1, 0.15) is 22.3 Å². The maximum atomic E-state index is 6.90. The van der Waals surface area contributed by atoms with Crippen LogP contribution in [0, 0.1) is 6.92 Å². The molecule has 0 atom stereocenters. The van der Waals surface area contributed by atoms with Crippen LogP contribution in [0.25, 0.3) is 0 Å². The number of methoxy groups -OCH3 is 1. The molecule has 29 heavy (non-hydrogen) atoms. The van der Waals surface area contributed by atoms with Gasteiger partial charge in [0.1, 0.15) is 11.5 Å². The third kappa shape index (κ3) is 3.74. The molecular formula is C27H24O2. The molecular weight excluding hydrogens is 356 g/mol. The molecule has 144 valence electrons. The molecule has 0 bridgehead atoms. The van der Waals surface area contributed by atoms with E-state index >= 15 is 0 Å². The number of ether oxygens (including phenoxy) is 2. The van der Waals surface area contributed by atoms with E-state index in [0.29, 0.717) is 0 Å². The molecule has 4 aromatic rings. The Morgan fingerprint density at radius 2 is 0.966 bits per heavy atom. The fourth-order valence-corrected chi connectivity index (χ4v) is 3.76. The molecule has 4 aromatic carbocycles. The molecule has 0 aliphatic heterocycles. The van der Waals surface area contributed by atoms with Crippen molar-refractivity contribution in [2.24, 2.45) is 0 Å². The van der Waals surface area contributed by atoms with Crippen LogP contribution in [0.3, 0.4) is 0 Å². The maximum Gasteiger partial charge on any atom is 0.184 e. The van der Waals surface area contributed by atoms with E-state index in [1.807, 2.05) is 43.3 Å². The van der Waals surface area contributed by atoms with Crippen LogP contribution in [0.15, 0.2) is 109 Å². The van der Waals surface area contributed by atoms with Crippen molar-refractivity contribution in [3.05, 3.63) is 131 Å². The van der Waals surface area contributed by atoms with Gasteiger partial charge in [0.2, 0.25) is 0 Å². The molecule has 0 heterocycles. The van der Waals surface area contributed by atoms with Crippen molar-refractivity contribution in [2.75, 3.05) is 7.11 Å². The Morgan fingerprint density at radius 3 is 1.38 bits per heavy atom. The van der Waals surface area contributed by atoms with E-state index in [9.17, 15) is 0 Å². The Kier molecular flexibility index (Phi) is 5.35. The van der Waals surface area contributed by atoms with Gasteiger partial charge in [0.05, 0.1) is 7.11 Å². The zero-order valence-electron chi connectivity index (χ0n) is 16.7. The summed E-state index contributed by atoms with van der Waals surface area (Å²) in [4.78, 5) is 0. The van der Waals surface area contributed by atoms with Gasteiger partial charge in [0.15, 0.2) is 5.60 Å². The van der Waals surface area contributed by atoms with Crippen molar-refractivity contribution in [1.82, 2.24) is 0 Å². The molecule has 0 aliphatic rings. The van der Waals surface area contributed by atoms with Gasteiger partial charge in [0.25, 0.3) is 0 Å². The van der Waals surface area contributed by atoms with Gasteiger partial charge >= 0.3 is 0 Å². The molecule has 0 saturated heterocycles. The monoisotopic (exact) mass is 380 g/mol. The summed E-state index contributed by atoms with van der Waals surface area (Å²) in [5.41, 5.74) is 3.50.